The molecule has 0 atom stereocenters. The number of anilines is 3. The topological polar surface area (TPSA) is 112 Å². The molecule has 8 nitrogen and oxygen atoms in total. The highest BCUT2D eigenvalue weighted by molar-refractivity contribution is 5.94. The Hall–Kier alpha value is -4.80. The van der Waals surface area contributed by atoms with Gasteiger partial charge in [0.2, 0.25) is 5.95 Å². The van der Waals surface area contributed by atoms with E-state index in [1.54, 1.807) is 49.5 Å². The maximum atomic E-state index is 12.8. The van der Waals surface area contributed by atoms with Gasteiger partial charge in [-0.25, -0.2) is 14.8 Å². The van der Waals surface area contributed by atoms with Crippen molar-refractivity contribution in [3.05, 3.63) is 90.1 Å². The van der Waals surface area contributed by atoms with Crippen LogP contribution in [0.1, 0.15) is 15.9 Å². The van der Waals surface area contributed by atoms with Crippen LogP contribution < -0.4 is 10.6 Å². The van der Waals surface area contributed by atoms with Crippen molar-refractivity contribution in [3.8, 4) is 11.3 Å². The SMILES string of the molecule is CNc1ccc(N=Nc2ccccc2-c2ccnc(Nc3ccc(C(F)(F)F)cc3)n2)c(C(=O)O)c1. The average molecular weight is 492 g/mol. The highest BCUT2D eigenvalue weighted by Gasteiger charge is 2.29. The van der Waals surface area contributed by atoms with Crippen LogP contribution in [0.25, 0.3) is 11.3 Å². The average Bonchev–Trinajstić information content (AvgIpc) is 2.87. The maximum Gasteiger partial charge on any atom is 0.416 e. The Morgan fingerprint density at radius 3 is 2.31 bits per heavy atom. The Labute approximate surface area is 203 Å². The van der Waals surface area contributed by atoms with Crippen molar-refractivity contribution in [1.29, 1.82) is 0 Å². The summed E-state index contributed by atoms with van der Waals surface area (Å²) in [5.41, 5.74) is 1.96. The lowest BCUT2D eigenvalue weighted by atomic mass is 10.1. The van der Waals surface area contributed by atoms with Crippen molar-refractivity contribution < 1.29 is 23.1 Å². The van der Waals surface area contributed by atoms with Crippen LogP contribution in [0.3, 0.4) is 0 Å². The predicted octanol–water partition coefficient (Wildman–Crippen LogP) is 7.06. The number of azo groups is 1. The summed E-state index contributed by atoms with van der Waals surface area (Å²) < 4.78 is 38.4. The minimum atomic E-state index is -4.42. The van der Waals surface area contributed by atoms with E-state index < -0.39 is 17.7 Å². The Morgan fingerprint density at radius 1 is 0.917 bits per heavy atom. The Kier molecular flexibility index (Phi) is 6.91. The van der Waals surface area contributed by atoms with Crippen molar-refractivity contribution in [2.24, 2.45) is 10.2 Å². The normalized spacial score (nSPS) is 11.4. The molecule has 0 radical (unpaired) electrons. The number of rotatable bonds is 7. The van der Waals surface area contributed by atoms with E-state index in [1.165, 1.54) is 24.4 Å². The lowest BCUT2D eigenvalue weighted by Gasteiger charge is -2.10. The van der Waals surface area contributed by atoms with Gasteiger partial charge in [0, 0.05) is 30.2 Å². The third-order valence-corrected chi connectivity index (χ3v) is 5.09. The molecule has 0 aliphatic rings. The fourth-order valence-electron chi connectivity index (χ4n) is 3.28. The molecule has 4 rings (SSSR count). The molecule has 0 bridgehead atoms. The summed E-state index contributed by atoms with van der Waals surface area (Å²) in [6.07, 6.45) is -2.92. The number of halogens is 3. The number of alkyl halides is 3. The number of nitrogens with one attached hydrogen (secondary N) is 2. The molecule has 0 aliphatic carbocycles. The van der Waals surface area contributed by atoms with E-state index in [0.717, 1.165) is 12.1 Å². The minimum absolute atomic E-state index is 0.00635. The van der Waals surface area contributed by atoms with Gasteiger partial charge in [0.1, 0.15) is 5.69 Å². The molecule has 1 aromatic heterocycles. The molecule has 36 heavy (non-hydrogen) atoms. The molecule has 0 fully saturated rings. The van der Waals surface area contributed by atoms with Crippen LogP contribution in [0.2, 0.25) is 0 Å². The number of carbonyl (C=O) groups is 1. The molecule has 1 heterocycles. The van der Waals surface area contributed by atoms with E-state index in [1.807, 2.05) is 0 Å². The predicted molar refractivity (Wildman–Crippen MR) is 129 cm³/mol. The highest BCUT2D eigenvalue weighted by Crippen LogP contribution is 2.33. The molecule has 4 aromatic rings. The lowest BCUT2D eigenvalue weighted by Crippen LogP contribution is -2.04. The first-order chi connectivity index (χ1) is 17.2. The van der Waals surface area contributed by atoms with Crippen LogP contribution >= 0.6 is 0 Å². The standard InChI is InChI=1S/C25H19F3N6O2/c1-29-17-10-11-22(19(14-17)23(35)36)34-33-21-5-3-2-4-18(21)20-12-13-30-24(32-20)31-16-8-6-15(7-9-16)25(26,27)28/h2-14,29H,1H3,(H,35,36)(H,30,31,32). The molecular weight excluding hydrogens is 473 g/mol. The summed E-state index contributed by atoms with van der Waals surface area (Å²) in [7, 11) is 1.68. The van der Waals surface area contributed by atoms with Gasteiger partial charge in [0.05, 0.1) is 22.5 Å². The van der Waals surface area contributed by atoms with Crippen LogP contribution in [0, 0.1) is 0 Å². The molecule has 182 valence electrons. The van der Waals surface area contributed by atoms with Gasteiger partial charge in [0.25, 0.3) is 0 Å². The number of benzene rings is 3. The van der Waals surface area contributed by atoms with Crippen LogP contribution in [-0.4, -0.2) is 28.1 Å². The smallest absolute Gasteiger partial charge is 0.416 e. The Balaban J connectivity index is 1.61. The van der Waals surface area contributed by atoms with Gasteiger partial charge in [-0.15, -0.1) is 10.2 Å². The van der Waals surface area contributed by atoms with Gasteiger partial charge in [-0.3, -0.25) is 0 Å². The molecule has 3 N–H and O–H groups in total. The Morgan fingerprint density at radius 2 is 1.61 bits per heavy atom. The van der Waals surface area contributed by atoms with Crippen LogP contribution in [0.5, 0.6) is 0 Å². The molecule has 11 heteroatoms. The zero-order chi connectivity index (χ0) is 25.7. The largest absolute Gasteiger partial charge is 0.478 e. The second-order valence-corrected chi connectivity index (χ2v) is 7.47. The van der Waals surface area contributed by atoms with Crippen molar-refractivity contribution in [2.75, 3.05) is 17.7 Å². The van der Waals surface area contributed by atoms with Crippen molar-refractivity contribution >= 4 is 34.7 Å². The number of carboxylic acids is 1. The first-order valence-electron chi connectivity index (χ1n) is 10.6. The van der Waals surface area contributed by atoms with E-state index in [-0.39, 0.29) is 17.2 Å². The fraction of sp³-hybridized carbons (Fsp3) is 0.0800. The van der Waals surface area contributed by atoms with E-state index in [2.05, 4.69) is 30.8 Å². The first kappa shape index (κ1) is 24.3. The van der Waals surface area contributed by atoms with E-state index in [4.69, 9.17) is 0 Å². The van der Waals surface area contributed by atoms with Gasteiger partial charge in [-0.05, 0) is 54.6 Å². The second-order valence-electron chi connectivity index (χ2n) is 7.47. The number of aromatic nitrogens is 2. The fourth-order valence-corrected chi connectivity index (χ4v) is 3.28. The number of hydrogen-bond donors (Lipinski definition) is 3. The zero-order valence-electron chi connectivity index (χ0n) is 18.8. The molecule has 0 saturated heterocycles. The number of hydrogen-bond acceptors (Lipinski definition) is 7. The highest BCUT2D eigenvalue weighted by atomic mass is 19.4. The molecule has 0 saturated carbocycles. The van der Waals surface area contributed by atoms with Gasteiger partial charge in [-0.2, -0.15) is 13.2 Å². The third kappa shape index (κ3) is 5.63. The molecular formula is C25H19F3N6O2. The summed E-state index contributed by atoms with van der Waals surface area (Å²) in [5, 5.41) is 23.7. The maximum absolute atomic E-state index is 12.8. The van der Waals surface area contributed by atoms with Gasteiger partial charge >= 0.3 is 12.1 Å². The molecule has 0 amide bonds. The van der Waals surface area contributed by atoms with Crippen LogP contribution in [-0.2, 0) is 6.18 Å². The Bertz CT molecular complexity index is 1420. The van der Waals surface area contributed by atoms with Gasteiger partial charge in [-0.1, -0.05) is 18.2 Å². The van der Waals surface area contributed by atoms with Crippen LogP contribution in [0.15, 0.2) is 89.2 Å². The van der Waals surface area contributed by atoms with Crippen LogP contribution in [0.4, 0.5) is 41.9 Å². The van der Waals surface area contributed by atoms with Crippen molar-refractivity contribution in [2.45, 2.75) is 6.18 Å². The van der Waals surface area contributed by atoms with E-state index in [0.29, 0.717) is 28.3 Å². The zero-order valence-corrected chi connectivity index (χ0v) is 18.8. The van der Waals surface area contributed by atoms with Crippen molar-refractivity contribution in [1.82, 2.24) is 9.97 Å². The summed E-state index contributed by atoms with van der Waals surface area (Å²) in [6, 6.07) is 17.9. The van der Waals surface area contributed by atoms with Crippen molar-refractivity contribution in [3.63, 3.8) is 0 Å². The first-order valence-corrected chi connectivity index (χ1v) is 10.6. The molecule has 3 aromatic carbocycles. The summed E-state index contributed by atoms with van der Waals surface area (Å²) in [5.74, 6) is -0.959. The van der Waals surface area contributed by atoms with Gasteiger partial charge < -0.3 is 15.7 Å². The summed E-state index contributed by atoms with van der Waals surface area (Å²) >= 11 is 0. The second kappa shape index (κ2) is 10.2. The minimum Gasteiger partial charge on any atom is -0.478 e. The van der Waals surface area contributed by atoms with E-state index >= 15 is 0 Å². The number of aromatic carboxylic acids is 1. The number of nitrogens with zero attached hydrogens (tertiary/aromatic N) is 4. The van der Waals surface area contributed by atoms with Gasteiger partial charge in [0.15, 0.2) is 0 Å². The summed E-state index contributed by atoms with van der Waals surface area (Å²) in [4.78, 5) is 20.2. The molecule has 0 aliphatic heterocycles. The monoisotopic (exact) mass is 492 g/mol. The number of carboxylic acid groups (broad SMARTS) is 1. The van der Waals surface area contributed by atoms with E-state index in [9.17, 15) is 23.1 Å². The lowest BCUT2D eigenvalue weighted by molar-refractivity contribution is -0.137. The quantitative estimate of drug-likeness (QED) is 0.238. The molecule has 0 spiro atoms. The summed E-state index contributed by atoms with van der Waals surface area (Å²) in [6.45, 7) is 0. The third-order valence-electron chi connectivity index (χ3n) is 5.09. The molecule has 0 unspecified atom stereocenters.